The van der Waals surface area contributed by atoms with Crippen molar-refractivity contribution < 1.29 is 42.9 Å². The average molecular weight is 1230 g/mol. The van der Waals surface area contributed by atoms with E-state index < -0.39 is 24.3 Å². The van der Waals surface area contributed by atoms with Crippen LogP contribution in [0.5, 0.6) is 0 Å². The summed E-state index contributed by atoms with van der Waals surface area (Å²) in [4.78, 5) is 37.5. The van der Waals surface area contributed by atoms with E-state index in [1.54, 1.807) is 0 Å². The van der Waals surface area contributed by atoms with E-state index in [1.807, 2.05) is 21.1 Å². The molecule has 0 saturated heterocycles. The van der Waals surface area contributed by atoms with Gasteiger partial charge in [0.15, 0.2) is 12.4 Å². The Morgan fingerprint density at radius 2 is 0.640 bits per heavy atom. The number of aliphatic carboxylic acids is 1. The largest absolute Gasteiger partial charge is 0.545 e. The fourth-order valence-corrected chi connectivity index (χ4v) is 9.34. The molecule has 0 N–H and O–H groups in total. The highest BCUT2D eigenvalue weighted by molar-refractivity contribution is 5.70. The summed E-state index contributed by atoms with van der Waals surface area (Å²) in [5.74, 6) is -2.34. The molecule has 0 aromatic heterocycles. The molecule has 0 aliphatic carbocycles. The highest BCUT2D eigenvalue weighted by Crippen LogP contribution is 2.16. The van der Waals surface area contributed by atoms with Crippen molar-refractivity contribution in [3.63, 3.8) is 0 Å². The molecule has 0 fully saturated rings. The Morgan fingerprint density at radius 1 is 0.348 bits per heavy atom. The van der Waals surface area contributed by atoms with Crippen LogP contribution in [0.2, 0.25) is 0 Å². The van der Waals surface area contributed by atoms with Crippen molar-refractivity contribution in [2.45, 2.75) is 283 Å². The number of esters is 2. The zero-order chi connectivity index (χ0) is 64.7. The summed E-state index contributed by atoms with van der Waals surface area (Å²) in [6.45, 7) is 4.58. The fraction of sp³-hybridized carbons (Fsp3) is 0.637. The molecule has 2 unspecified atom stereocenters. The molecule has 0 aliphatic heterocycles. The summed E-state index contributed by atoms with van der Waals surface area (Å²) in [5, 5.41) is 11.8. The Kier molecular flexibility index (Phi) is 64.9. The highest BCUT2D eigenvalue weighted by atomic mass is 16.7. The molecule has 0 amide bonds. The van der Waals surface area contributed by atoms with E-state index in [0.717, 1.165) is 116 Å². The fourth-order valence-electron chi connectivity index (χ4n) is 9.34. The van der Waals surface area contributed by atoms with Crippen molar-refractivity contribution in [2.24, 2.45) is 0 Å². The number of carbonyl (C=O) groups excluding carboxylic acids is 3. The van der Waals surface area contributed by atoms with Crippen LogP contribution in [0, 0.1) is 0 Å². The Balaban J connectivity index is 4.25. The molecule has 504 valence electrons. The molecule has 0 radical (unpaired) electrons. The predicted molar refractivity (Wildman–Crippen MR) is 379 cm³/mol. The van der Waals surface area contributed by atoms with E-state index >= 15 is 0 Å². The van der Waals surface area contributed by atoms with Gasteiger partial charge < -0.3 is 33.3 Å². The number of likely N-dealkylation sites (N-methyl/N-ethyl adjacent to an activating group) is 1. The molecule has 9 nitrogen and oxygen atoms in total. The van der Waals surface area contributed by atoms with Crippen LogP contribution in [0.4, 0.5) is 0 Å². The number of carbonyl (C=O) groups is 3. The number of nitrogens with zero attached hydrogens (tertiary/aromatic N) is 1. The van der Waals surface area contributed by atoms with E-state index in [2.05, 4.69) is 172 Å². The molecule has 9 heteroatoms. The van der Waals surface area contributed by atoms with Crippen LogP contribution < -0.4 is 5.11 Å². The van der Waals surface area contributed by atoms with Crippen molar-refractivity contribution in [2.75, 3.05) is 47.5 Å². The zero-order valence-corrected chi connectivity index (χ0v) is 57.5. The molecule has 0 heterocycles. The third kappa shape index (κ3) is 70.2. The van der Waals surface area contributed by atoms with Gasteiger partial charge >= 0.3 is 11.9 Å². The van der Waals surface area contributed by atoms with E-state index in [0.29, 0.717) is 17.4 Å². The molecule has 0 aromatic rings. The summed E-state index contributed by atoms with van der Waals surface area (Å²) in [6, 6.07) is 0. The first-order valence-electron chi connectivity index (χ1n) is 35.6. The number of hydrogen-bond donors (Lipinski definition) is 0. The Hall–Kier alpha value is -5.09. The number of carboxylic acids is 1. The normalized spacial score (nSPS) is 13.7. The van der Waals surface area contributed by atoms with Crippen LogP contribution in [-0.4, -0.2) is 82.3 Å². The average Bonchev–Trinajstić information content (AvgIpc) is 3.70. The van der Waals surface area contributed by atoms with E-state index in [4.69, 9.17) is 18.9 Å². The molecular formula is C80H131NO8. The van der Waals surface area contributed by atoms with Crippen LogP contribution in [0.1, 0.15) is 271 Å². The molecule has 2 atom stereocenters. The van der Waals surface area contributed by atoms with Gasteiger partial charge in [0.25, 0.3) is 0 Å². The second-order valence-electron chi connectivity index (χ2n) is 24.4. The number of quaternary nitrogens is 1. The second kappa shape index (κ2) is 68.8. The summed E-state index contributed by atoms with van der Waals surface area (Å²) >= 11 is 0. The standard InChI is InChI=1S/C80H131NO8/c1-6-8-10-12-14-16-18-20-22-24-26-28-30-32-34-35-36-37-38-39-40-41-42-43-45-47-49-51-53-55-57-59-61-63-65-67-69-71-78(83)89-76(75-88-80(79(84)85)86-73-72-81(3,4)5)74-87-77(82)70-68-66-64-62-60-58-56-54-52-50-48-46-44-33-31-29-27-25-23-21-19-17-15-13-11-9-7-2/h8,10,14,16,19-22,25-28,32,34,36-37,39-40,42-43,47,49,53,55,59,61,76,80H,6-7,9,11-13,15,17-18,23-24,29-31,33,35,38,41,44-46,48,50-52,54,56-58,60,62-75H2,1-5H3/b10-8-,16-14-,21-19-,22-20-,27-25-,28-26-,34-32-,37-36-,40-39-,43-42-,49-47-,55-53-,61-59-. The van der Waals surface area contributed by atoms with Crippen molar-refractivity contribution in [1.29, 1.82) is 0 Å². The first-order valence-corrected chi connectivity index (χ1v) is 35.6. The summed E-state index contributed by atoms with van der Waals surface area (Å²) in [7, 11) is 5.91. The lowest BCUT2D eigenvalue weighted by Crippen LogP contribution is -2.44. The van der Waals surface area contributed by atoms with Crippen molar-refractivity contribution in [3.05, 3.63) is 158 Å². The van der Waals surface area contributed by atoms with Crippen molar-refractivity contribution in [3.8, 4) is 0 Å². The second-order valence-corrected chi connectivity index (χ2v) is 24.4. The van der Waals surface area contributed by atoms with Crippen LogP contribution in [0.3, 0.4) is 0 Å². The first-order chi connectivity index (χ1) is 43.6. The SMILES string of the molecule is CC/C=C\C/C=C\C/C=C\C/C=C\C/C=C\C/C=C\C/C=C\C/C=C\C/C=C\C/C=C\C/C=C\CCCCCC(=O)OC(COC(=O)CCCCCCCCCCCCCCCCC/C=C\C/C=C\CCCCCCC)COC(OCC[N+](C)(C)C)C(=O)[O-]. The third-order valence-corrected chi connectivity index (χ3v) is 14.8. The zero-order valence-electron chi connectivity index (χ0n) is 57.5. The number of carboxylic acid groups (broad SMARTS) is 1. The Labute approximate surface area is 546 Å². The van der Waals surface area contributed by atoms with Gasteiger partial charge in [-0.25, -0.2) is 0 Å². The van der Waals surface area contributed by atoms with E-state index in [-0.39, 0.29) is 38.6 Å². The minimum Gasteiger partial charge on any atom is -0.545 e. The molecule has 0 spiro atoms. The van der Waals surface area contributed by atoms with Crippen LogP contribution in [0.15, 0.2) is 158 Å². The van der Waals surface area contributed by atoms with Crippen molar-refractivity contribution >= 4 is 17.9 Å². The van der Waals surface area contributed by atoms with Gasteiger partial charge in [-0.3, -0.25) is 9.59 Å². The number of ether oxygens (including phenoxy) is 4. The maximum absolute atomic E-state index is 12.9. The summed E-state index contributed by atoms with van der Waals surface area (Å²) < 4.78 is 22.7. The maximum Gasteiger partial charge on any atom is 0.306 e. The Morgan fingerprint density at radius 3 is 0.966 bits per heavy atom. The number of hydrogen-bond acceptors (Lipinski definition) is 8. The molecule has 0 bridgehead atoms. The molecule has 89 heavy (non-hydrogen) atoms. The van der Waals surface area contributed by atoms with Gasteiger partial charge in [-0.1, -0.05) is 287 Å². The monoisotopic (exact) mass is 1230 g/mol. The lowest BCUT2D eigenvalue weighted by molar-refractivity contribution is -0.870. The van der Waals surface area contributed by atoms with Gasteiger partial charge in [0.05, 0.1) is 40.3 Å². The van der Waals surface area contributed by atoms with Gasteiger partial charge in [-0.05, 0) is 128 Å². The minimum atomic E-state index is -1.64. The van der Waals surface area contributed by atoms with Gasteiger partial charge in [0, 0.05) is 12.8 Å². The molecule has 0 aliphatic rings. The van der Waals surface area contributed by atoms with Crippen LogP contribution in [-0.2, 0) is 33.3 Å². The number of rotatable bonds is 64. The van der Waals surface area contributed by atoms with Gasteiger partial charge in [-0.15, -0.1) is 0 Å². The first kappa shape index (κ1) is 83.9. The summed E-state index contributed by atoms with van der Waals surface area (Å²) in [5.41, 5.74) is 0. The van der Waals surface area contributed by atoms with Gasteiger partial charge in [0.1, 0.15) is 13.2 Å². The third-order valence-electron chi connectivity index (χ3n) is 14.8. The lowest BCUT2D eigenvalue weighted by Gasteiger charge is -2.26. The summed E-state index contributed by atoms with van der Waals surface area (Å²) in [6.07, 6.45) is 98.9. The van der Waals surface area contributed by atoms with E-state index in [1.165, 1.54) is 122 Å². The Bertz CT molecular complexity index is 2020. The molecule has 0 rings (SSSR count). The topological polar surface area (TPSA) is 111 Å². The number of allylic oxidation sites excluding steroid dienone is 26. The van der Waals surface area contributed by atoms with Crippen LogP contribution >= 0.6 is 0 Å². The van der Waals surface area contributed by atoms with E-state index in [9.17, 15) is 19.5 Å². The van der Waals surface area contributed by atoms with Crippen LogP contribution in [0.25, 0.3) is 0 Å². The smallest absolute Gasteiger partial charge is 0.306 e. The predicted octanol–water partition coefficient (Wildman–Crippen LogP) is 21.1. The van der Waals surface area contributed by atoms with Gasteiger partial charge in [0.2, 0.25) is 0 Å². The maximum atomic E-state index is 12.9. The van der Waals surface area contributed by atoms with Gasteiger partial charge in [-0.2, -0.15) is 0 Å². The molecule has 0 aromatic carbocycles. The van der Waals surface area contributed by atoms with Crippen molar-refractivity contribution in [1.82, 2.24) is 0 Å². The lowest BCUT2D eigenvalue weighted by atomic mass is 10.0. The molecule has 0 saturated carbocycles. The molecular weight excluding hydrogens is 1100 g/mol. The minimum absolute atomic E-state index is 0.133. The highest BCUT2D eigenvalue weighted by Gasteiger charge is 2.22. The quantitative estimate of drug-likeness (QED) is 0.0195. The number of unbranched alkanes of at least 4 members (excludes halogenated alkanes) is 23.